The molecule has 11 nitrogen and oxygen atoms in total. The standard InChI is InChI=1S/C28H34N6O5S/c1-28(2,3)18-15-19(25(38-7)20(16-18)32-40(8,36)37)30-26(35)21-14-17-10-9-11-22(24(17)34(21)6)39-23-12-13-29-27(31-23)33(4)5/h9-16,32H,1-8H3,(H,30,35). The number of sulfonamides is 1. The van der Waals surface area contributed by atoms with Gasteiger partial charge in [-0.15, -0.1) is 0 Å². The van der Waals surface area contributed by atoms with Crippen LogP contribution in [0.25, 0.3) is 10.9 Å². The Morgan fingerprint density at radius 1 is 1.07 bits per heavy atom. The minimum atomic E-state index is -3.60. The first-order chi connectivity index (χ1) is 18.7. The Bertz CT molecular complexity index is 1690. The normalized spacial score (nSPS) is 11.8. The fraction of sp³-hybridized carbons (Fsp3) is 0.321. The number of para-hydroxylation sites is 1. The third kappa shape index (κ3) is 6.12. The van der Waals surface area contributed by atoms with Gasteiger partial charge in [-0.1, -0.05) is 32.9 Å². The molecular weight excluding hydrogens is 532 g/mol. The van der Waals surface area contributed by atoms with Crippen molar-refractivity contribution in [2.75, 3.05) is 42.4 Å². The van der Waals surface area contributed by atoms with Gasteiger partial charge in [-0.25, -0.2) is 13.4 Å². The number of carbonyl (C=O) groups is 1. The molecule has 0 spiro atoms. The maximum Gasteiger partial charge on any atom is 0.272 e. The second-order valence-corrected chi connectivity index (χ2v) is 12.4. The van der Waals surface area contributed by atoms with Gasteiger partial charge in [-0.05, 0) is 35.2 Å². The molecule has 4 aromatic rings. The first-order valence-corrected chi connectivity index (χ1v) is 14.4. The third-order valence-corrected chi connectivity index (χ3v) is 6.78. The molecule has 40 heavy (non-hydrogen) atoms. The van der Waals surface area contributed by atoms with E-state index in [1.165, 1.54) is 7.11 Å². The zero-order valence-corrected chi connectivity index (χ0v) is 24.7. The zero-order chi connectivity index (χ0) is 29.4. The van der Waals surface area contributed by atoms with E-state index in [2.05, 4.69) is 20.0 Å². The maximum atomic E-state index is 13.6. The number of hydrogen-bond donors (Lipinski definition) is 2. The number of nitrogens with zero attached hydrogens (tertiary/aromatic N) is 4. The van der Waals surface area contributed by atoms with Gasteiger partial charge in [0.25, 0.3) is 5.91 Å². The number of benzene rings is 2. The summed E-state index contributed by atoms with van der Waals surface area (Å²) in [6, 6.07) is 12.5. The number of amides is 1. The first-order valence-electron chi connectivity index (χ1n) is 12.5. The summed E-state index contributed by atoms with van der Waals surface area (Å²) in [5.74, 6) is 1.20. The number of carbonyl (C=O) groups excluding carboxylic acids is 1. The topological polar surface area (TPSA) is 128 Å². The lowest BCUT2D eigenvalue weighted by Gasteiger charge is -2.24. The van der Waals surface area contributed by atoms with Crippen molar-refractivity contribution in [2.45, 2.75) is 26.2 Å². The van der Waals surface area contributed by atoms with Crippen molar-refractivity contribution >= 4 is 44.2 Å². The zero-order valence-electron chi connectivity index (χ0n) is 23.9. The lowest BCUT2D eigenvalue weighted by atomic mass is 9.86. The van der Waals surface area contributed by atoms with Crippen molar-refractivity contribution in [1.82, 2.24) is 14.5 Å². The van der Waals surface area contributed by atoms with E-state index in [1.54, 1.807) is 53.0 Å². The summed E-state index contributed by atoms with van der Waals surface area (Å²) in [5, 5.41) is 3.71. The third-order valence-electron chi connectivity index (χ3n) is 6.19. The summed E-state index contributed by atoms with van der Waals surface area (Å²) in [5.41, 5.74) is 2.12. The molecule has 0 bridgehead atoms. The van der Waals surface area contributed by atoms with Crippen LogP contribution in [0.1, 0.15) is 36.8 Å². The molecule has 0 atom stereocenters. The van der Waals surface area contributed by atoms with Gasteiger partial charge in [0.05, 0.1) is 30.3 Å². The van der Waals surface area contributed by atoms with Gasteiger partial charge in [-0.2, -0.15) is 4.98 Å². The van der Waals surface area contributed by atoms with Crippen LogP contribution >= 0.6 is 0 Å². The van der Waals surface area contributed by atoms with Gasteiger partial charge in [0.1, 0.15) is 5.69 Å². The molecule has 1 amide bonds. The number of ether oxygens (including phenoxy) is 2. The highest BCUT2D eigenvalue weighted by Gasteiger charge is 2.24. The summed E-state index contributed by atoms with van der Waals surface area (Å²) < 4.78 is 40.0. The summed E-state index contributed by atoms with van der Waals surface area (Å²) in [6.07, 6.45) is 2.68. The molecule has 12 heteroatoms. The molecule has 0 aliphatic rings. The van der Waals surface area contributed by atoms with E-state index < -0.39 is 15.9 Å². The van der Waals surface area contributed by atoms with Crippen LogP contribution in [0.3, 0.4) is 0 Å². The molecule has 0 unspecified atom stereocenters. The highest BCUT2D eigenvalue weighted by Crippen LogP contribution is 2.40. The fourth-order valence-electron chi connectivity index (χ4n) is 4.23. The van der Waals surface area contributed by atoms with Crippen molar-refractivity contribution in [3.63, 3.8) is 0 Å². The number of nitrogens with one attached hydrogen (secondary N) is 2. The van der Waals surface area contributed by atoms with Gasteiger partial charge in [0.15, 0.2) is 11.5 Å². The molecule has 2 aromatic carbocycles. The van der Waals surface area contributed by atoms with Crippen molar-refractivity contribution in [2.24, 2.45) is 7.05 Å². The highest BCUT2D eigenvalue weighted by atomic mass is 32.2. The minimum absolute atomic E-state index is 0.204. The van der Waals surface area contributed by atoms with Gasteiger partial charge < -0.3 is 24.3 Å². The van der Waals surface area contributed by atoms with Gasteiger partial charge >= 0.3 is 0 Å². The van der Waals surface area contributed by atoms with Gasteiger partial charge in [0, 0.05) is 38.8 Å². The Morgan fingerprint density at radius 3 is 2.40 bits per heavy atom. The molecular formula is C28H34N6O5S. The Balaban J connectivity index is 1.74. The molecule has 0 radical (unpaired) electrons. The van der Waals surface area contributed by atoms with Crippen LogP contribution in [-0.2, 0) is 22.5 Å². The summed E-state index contributed by atoms with van der Waals surface area (Å²) in [7, 11) is 3.27. The number of fused-ring (bicyclic) bond motifs is 1. The average molecular weight is 567 g/mol. The Labute approximate surface area is 234 Å². The summed E-state index contributed by atoms with van der Waals surface area (Å²) >= 11 is 0. The van der Waals surface area contributed by atoms with Gasteiger partial charge in [0.2, 0.25) is 21.9 Å². The van der Waals surface area contributed by atoms with E-state index >= 15 is 0 Å². The van der Waals surface area contributed by atoms with Crippen LogP contribution in [0, 0.1) is 0 Å². The largest absolute Gasteiger partial charge is 0.492 e. The molecule has 2 N–H and O–H groups in total. The SMILES string of the molecule is COc1c(NC(=O)c2cc3cccc(Oc4ccnc(N(C)C)n4)c3n2C)cc(C(C)(C)C)cc1NS(C)(=O)=O. The smallest absolute Gasteiger partial charge is 0.272 e. The van der Waals surface area contributed by atoms with E-state index in [0.717, 1.165) is 17.2 Å². The predicted octanol–water partition coefficient (Wildman–Crippen LogP) is 4.76. The van der Waals surface area contributed by atoms with Crippen LogP contribution in [0.15, 0.2) is 48.7 Å². The van der Waals surface area contributed by atoms with E-state index in [4.69, 9.17) is 9.47 Å². The molecule has 0 saturated carbocycles. The number of anilines is 3. The predicted molar refractivity (Wildman–Crippen MR) is 157 cm³/mol. The monoisotopic (exact) mass is 566 g/mol. The van der Waals surface area contributed by atoms with Crippen LogP contribution in [-0.4, -0.2) is 56.3 Å². The van der Waals surface area contributed by atoms with E-state index in [9.17, 15) is 13.2 Å². The van der Waals surface area contributed by atoms with Crippen LogP contribution < -0.4 is 24.4 Å². The molecule has 0 saturated heterocycles. The number of aromatic nitrogens is 3. The summed E-state index contributed by atoms with van der Waals surface area (Å²) in [4.78, 5) is 24.0. The fourth-order valence-corrected chi connectivity index (χ4v) is 4.78. The molecule has 212 valence electrons. The minimum Gasteiger partial charge on any atom is -0.492 e. The Kier molecular flexibility index (Phi) is 7.66. The maximum absolute atomic E-state index is 13.6. The van der Waals surface area contributed by atoms with Crippen LogP contribution in [0.2, 0.25) is 0 Å². The molecule has 4 rings (SSSR count). The first kappa shape index (κ1) is 28.7. The second-order valence-electron chi connectivity index (χ2n) is 10.7. The molecule has 2 heterocycles. The number of hydrogen-bond acceptors (Lipinski definition) is 8. The van der Waals surface area contributed by atoms with Gasteiger partial charge in [-0.3, -0.25) is 9.52 Å². The van der Waals surface area contributed by atoms with E-state index in [-0.39, 0.29) is 16.9 Å². The number of aryl methyl sites for hydroxylation is 1. The number of rotatable bonds is 8. The molecule has 0 aliphatic carbocycles. The second kappa shape index (κ2) is 10.7. The van der Waals surface area contributed by atoms with E-state index in [1.807, 2.05) is 47.0 Å². The van der Waals surface area contributed by atoms with Crippen molar-refractivity contribution < 1.29 is 22.7 Å². The highest BCUT2D eigenvalue weighted by molar-refractivity contribution is 7.92. The Hall–Kier alpha value is -4.32. The number of methoxy groups -OCH3 is 1. The van der Waals surface area contributed by atoms with Crippen LogP contribution in [0.4, 0.5) is 17.3 Å². The lowest BCUT2D eigenvalue weighted by Crippen LogP contribution is -2.19. The molecule has 2 aromatic heterocycles. The molecule has 0 fully saturated rings. The lowest BCUT2D eigenvalue weighted by molar-refractivity contribution is 0.101. The summed E-state index contributed by atoms with van der Waals surface area (Å²) in [6.45, 7) is 5.99. The Morgan fingerprint density at radius 2 is 1.77 bits per heavy atom. The van der Waals surface area contributed by atoms with Crippen LogP contribution in [0.5, 0.6) is 17.4 Å². The van der Waals surface area contributed by atoms with Crippen molar-refractivity contribution in [1.29, 1.82) is 0 Å². The average Bonchev–Trinajstić information content (AvgIpc) is 3.20. The quantitative estimate of drug-likeness (QED) is 0.313. The molecule has 0 aliphatic heterocycles. The van der Waals surface area contributed by atoms with Crippen molar-refractivity contribution in [3.8, 4) is 17.4 Å². The van der Waals surface area contributed by atoms with Crippen molar-refractivity contribution in [3.05, 3.63) is 59.9 Å². The van der Waals surface area contributed by atoms with E-state index in [0.29, 0.717) is 34.5 Å².